The second-order valence-corrected chi connectivity index (χ2v) is 7.04. The molecule has 0 aliphatic rings. The summed E-state index contributed by atoms with van der Waals surface area (Å²) in [5.41, 5.74) is -0.00508. The normalized spacial score (nSPS) is 12.0. The minimum atomic E-state index is -4.89. The second-order valence-electron chi connectivity index (χ2n) is 5.02. The zero-order valence-electron chi connectivity index (χ0n) is 13.0. The fourth-order valence-corrected chi connectivity index (χ4v) is 3.42. The lowest BCUT2D eigenvalue weighted by atomic mass is 10.2. The van der Waals surface area contributed by atoms with E-state index in [-0.39, 0.29) is 22.6 Å². The molecule has 0 aliphatic carbocycles. The quantitative estimate of drug-likeness (QED) is 0.810. The summed E-state index contributed by atoms with van der Waals surface area (Å²) >= 11 is 0. The Morgan fingerprint density at radius 1 is 1.12 bits per heavy atom. The van der Waals surface area contributed by atoms with E-state index in [0.717, 1.165) is 10.4 Å². The van der Waals surface area contributed by atoms with Gasteiger partial charge in [0.25, 0.3) is 0 Å². The lowest BCUT2D eigenvalue weighted by Gasteiger charge is -2.20. The smallest absolute Gasteiger partial charge is 0.405 e. The molecule has 0 aromatic heterocycles. The van der Waals surface area contributed by atoms with E-state index < -0.39 is 22.1 Å². The van der Waals surface area contributed by atoms with Crippen LogP contribution in [0.15, 0.2) is 53.4 Å². The van der Waals surface area contributed by atoms with E-state index in [1.807, 2.05) is 0 Å². The van der Waals surface area contributed by atoms with Crippen LogP contribution in [-0.2, 0) is 16.6 Å². The predicted octanol–water partition coefficient (Wildman–Crippen LogP) is 3.28. The van der Waals surface area contributed by atoms with Gasteiger partial charge in [-0.3, -0.25) is 0 Å². The molecule has 5 nitrogen and oxygen atoms in total. The number of alkyl halides is 3. The van der Waals surface area contributed by atoms with Gasteiger partial charge in [-0.05, 0) is 18.2 Å². The minimum Gasteiger partial charge on any atom is -0.405 e. The van der Waals surface area contributed by atoms with Crippen LogP contribution < -0.4 is 4.74 Å². The van der Waals surface area contributed by atoms with E-state index in [4.69, 9.17) is 5.26 Å². The van der Waals surface area contributed by atoms with Gasteiger partial charge in [0.15, 0.2) is 0 Å². The molecule has 2 rings (SSSR count). The molecule has 0 fully saturated rings. The van der Waals surface area contributed by atoms with Crippen molar-refractivity contribution in [3.63, 3.8) is 0 Å². The van der Waals surface area contributed by atoms with Crippen LogP contribution in [0.1, 0.15) is 11.1 Å². The number of rotatable bonds is 5. The lowest BCUT2D eigenvalue weighted by molar-refractivity contribution is -0.274. The molecular weight excluding hydrogens is 357 g/mol. The van der Waals surface area contributed by atoms with E-state index >= 15 is 0 Å². The van der Waals surface area contributed by atoms with Crippen LogP contribution in [0.4, 0.5) is 13.2 Å². The molecule has 0 bridgehead atoms. The monoisotopic (exact) mass is 370 g/mol. The zero-order chi connectivity index (χ0) is 18.7. The Hall–Kier alpha value is -2.57. The van der Waals surface area contributed by atoms with Crippen molar-refractivity contribution in [1.82, 2.24) is 4.31 Å². The topological polar surface area (TPSA) is 70.4 Å². The lowest BCUT2D eigenvalue weighted by Crippen LogP contribution is -2.28. The Balaban J connectivity index is 2.34. The van der Waals surface area contributed by atoms with Crippen LogP contribution in [0.2, 0.25) is 0 Å². The molecule has 0 aliphatic heterocycles. The number of ether oxygens (including phenoxy) is 1. The number of halogens is 3. The summed E-state index contributed by atoms with van der Waals surface area (Å²) in [6.45, 7) is -0.353. The molecule has 2 aromatic carbocycles. The molecule has 132 valence electrons. The minimum absolute atomic E-state index is 0.0420. The number of sulfonamides is 1. The van der Waals surface area contributed by atoms with E-state index in [1.54, 1.807) is 6.07 Å². The van der Waals surface area contributed by atoms with Crippen LogP contribution in [0.25, 0.3) is 0 Å². The van der Waals surface area contributed by atoms with Gasteiger partial charge in [0.2, 0.25) is 10.0 Å². The fourth-order valence-electron chi connectivity index (χ4n) is 2.14. The van der Waals surface area contributed by atoms with Crippen molar-refractivity contribution in [2.45, 2.75) is 17.8 Å². The van der Waals surface area contributed by atoms with Gasteiger partial charge in [0, 0.05) is 19.2 Å². The maximum Gasteiger partial charge on any atom is 0.573 e. The first-order valence-corrected chi connectivity index (χ1v) is 8.38. The Bertz CT molecular complexity index is 905. The zero-order valence-corrected chi connectivity index (χ0v) is 13.8. The second kappa shape index (κ2) is 7.13. The maximum absolute atomic E-state index is 12.6. The molecule has 0 amide bonds. The third-order valence-corrected chi connectivity index (χ3v) is 5.15. The summed E-state index contributed by atoms with van der Waals surface area (Å²) in [5.74, 6) is -0.481. The molecule has 0 unspecified atom stereocenters. The molecule has 0 saturated heterocycles. The summed E-state index contributed by atoms with van der Waals surface area (Å²) in [5, 5.41) is 9.05. The highest BCUT2D eigenvalue weighted by atomic mass is 32.2. The molecule has 25 heavy (non-hydrogen) atoms. The molecule has 2 aromatic rings. The van der Waals surface area contributed by atoms with E-state index in [0.29, 0.717) is 0 Å². The number of benzene rings is 2. The van der Waals surface area contributed by atoms with Crippen LogP contribution in [0.5, 0.6) is 5.75 Å². The van der Waals surface area contributed by atoms with E-state index in [9.17, 15) is 21.6 Å². The Morgan fingerprint density at radius 3 is 2.36 bits per heavy atom. The third-order valence-electron chi connectivity index (χ3n) is 3.29. The first kappa shape index (κ1) is 18.8. The molecular formula is C16H13F3N2O3S. The van der Waals surface area contributed by atoms with Gasteiger partial charge >= 0.3 is 6.36 Å². The van der Waals surface area contributed by atoms with Gasteiger partial charge in [-0.2, -0.15) is 9.57 Å². The number of hydrogen-bond acceptors (Lipinski definition) is 4. The average Bonchev–Trinajstić information content (AvgIpc) is 2.55. The van der Waals surface area contributed by atoms with Crippen LogP contribution in [-0.4, -0.2) is 26.1 Å². The van der Waals surface area contributed by atoms with Crippen LogP contribution in [0, 0.1) is 11.3 Å². The van der Waals surface area contributed by atoms with Crippen LogP contribution in [0.3, 0.4) is 0 Å². The molecule has 0 atom stereocenters. The van der Waals surface area contributed by atoms with E-state index in [1.165, 1.54) is 49.5 Å². The third kappa shape index (κ3) is 4.49. The van der Waals surface area contributed by atoms with Crippen molar-refractivity contribution in [3.8, 4) is 11.8 Å². The Kier molecular flexibility index (Phi) is 5.35. The first-order chi connectivity index (χ1) is 11.6. The average molecular weight is 370 g/mol. The molecule has 0 saturated carbocycles. The standard InChI is InChI=1S/C16H13F3N2O3S/c1-21(25(22,23)15-9-5-3-6-12(15)10-20)11-13-7-2-4-8-14(13)24-16(17,18)19/h2-9H,11H2,1H3. The van der Waals surface area contributed by atoms with Crippen molar-refractivity contribution in [3.05, 3.63) is 59.7 Å². The summed E-state index contributed by atoms with van der Waals surface area (Å²) in [7, 11) is -2.85. The van der Waals surface area contributed by atoms with Crippen molar-refractivity contribution in [2.75, 3.05) is 7.05 Å². The van der Waals surface area contributed by atoms with Gasteiger partial charge < -0.3 is 4.74 Å². The summed E-state index contributed by atoms with van der Waals surface area (Å²) < 4.78 is 67.4. The highest BCUT2D eigenvalue weighted by Crippen LogP contribution is 2.28. The van der Waals surface area contributed by atoms with Gasteiger partial charge in [0.05, 0.1) is 10.5 Å². The largest absolute Gasteiger partial charge is 0.573 e. The van der Waals surface area contributed by atoms with Crippen molar-refractivity contribution in [2.24, 2.45) is 0 Å². The van der Waals surface area contributed by atoms with Gasteiger partial charge in [-0.1, -0.05) is 30.3 Å². The predicted molar refractivity (Wildman–Crippen MR) is 82.9 cm³/mol. The van der Waals surface area contributed by atoms with Gasteiger partial charge in [-0.15, -0.1) is 13.2 Å². The molecule has 9 heteroatoms. The molecule has 0 heterocycles. The SMILES string of the molecule is CN(Cc1ccccc1OC(F)(F)F)S(=O)(=O)c1ccccc1C#N. The summed E-state index contributed by atoms with van der Waals surface area (Å²) in [4.78, 5) is -0.214. The fraction of sp³-hybridized carbons (Fsp3) is 0.188. The highest BCUT2D eigenvalue weighted by molar-refractivity contribution is 7.89. The molecule has 0 spiro atoms. The molecule has 0 radical (unpaired) electrons. The van der Waals surface area contributed by atoms with E-state index in [2.05, 4.69) is 4.74 Å². The Morgan fingerprint density at radius 2 is 1.72 bits per heavy atom. The van der Waals surface area contributed by atoms with Gasteiger partial charge in [-0.25, -0.2) is 8.42 Å². The summed E-state index contributed by atoms with van der Waals surface area (Å²) in [6, 6.07) is 12.6. The molecule has 0 N–H and O–H groups in total. The van der Waals surface area contributed by atoms with Crippen molar-refractivity contribution < 1.29 is 26.3 Å². The Labute approximate surface area is 142 Å². The first-order valence-electron chi connectivity index (χ1n) is 6.94. The van der Waals surface area contributed by atoms with Gasteiger partial charge in [0.1, 0.15) is 11.8 Å². The number of nitrogens with zero attached hydrogens (tertiary/aromatic N) is 2. The summed E-state index contributed by atoms with van der Waals surface area (Å²) in [6.07, 6.45) is -4.89. The number of para-hydroxylation sites is 1. The van der Waals surface area contributed by atoms with Crippen molar-refractivity contribution >= 4 is 10.0 Å². The number of hydrogen-bond donors (Lipinski definition) is 0. The van der Waals surface area contributed by atoms with Crippen LogP contribution >= 0.6 is 0 Å². The maximum atomic E-state index is 12.6. The highest BCUT2D eigenvalue weighted by Gasteiger charge is 2.32. The number of nitriles is 1. The van der Waals surface area contributed by atoms with Crippen molar-refractivity contribution in [1.29, 1.82) is 5.26 Å².